The minimum Gasteiger partial charge on any atom is -0.441 e. The highest BCUT2D eigenvalue weighted by atomic mass is 16.6. The van der Waals surface area contributed by atoms with Gasteiger partial charge in [0.1, 0.15) is 11.3 Å². The summed E-state index contributed by atoms with van der Waals surface area (Å²) in [6, 6.07) is 5.46. The zero-order valence-electron chi connectivity index (χ0n) is 12.1. The summed E-state index contributed by atoms with van der Waals surface area (Å²) in [5, 5.41) is 2.71. The molecule has 3 heterocycles. The number of aromatic nitrogens is 1. The molecule has 1 unspecified atom stereocenters. The SMILES string of the molecule is Cc1cccc(C(=O)N2CCCC3(CC2)CNC(=O)O3)n1. The Morgan fingerprint density at radius 3 is 2.95 bits per heavy atom. The molecule has 1 aromatic heterocycles. The number of amides is 2. The van der Waals surface area contributed by atoms with Crippen molar-refractivity contribution >= 4 is 12.0 Å². The Labute approximate surface area is 123 Å². The molecular formula is C15H19N3O3. The zero-order chi connectivity index (χ0) is 14.9. The van der Waals surface area contributed by atoms with Crippen LogP contribution in [0.15, 0.2) is 18.2 Å². The number of alkyl carbamates (subject to hydrolysis) is 1. The third-order valence-corrected chi connectivity index (χ3v) is 4.16. The summed E-state index contributed by atoms with van der Waals surface area (Å²) in [6.07, 6.45) is 1.93. The van der Waals surface area contributed by atoms with Crippen LogP contribution in [0.2, 0.25) is 0 Å². The van der Waals surface area contributed by atoms with E-state index in [2.05, 4.69) is 10.3 Å². The van der Waals surface area contributed by atoms with Gasteiger partial charge in [-0.3, -0.25) is 4.79 Å². The molecule has 2 saturated heterocycles. The van der Waals surface area contributed by atoms with Gasteiger partial charge in [-0.15, -0.1) is 0 Å². The van der Waals surface area contributed by atoms with E-state index in [0.717, 1.165) is 18.5 Å². The van der Waals surface area contributed by atoms with Crippen molar-refractivity contribution in [2.24, 2.45) is 0 Å². The number of hydrogen-bond donors (Lipinski definition) is 1. The number of ether oxygens (including phenoxy) is 1. The van der Waals surface area contributed by atoms with E-state index >= 15 is 0 Å². The van der Waals surface area contributed by atoms with E-state index in [1.54, 1.807) is 6.07 Å². The van der Waals surface area contributed by atoms with Crippen molar-refractivity contribution in [3.05, 3.63) is 29.6 Å². The van der Waals surface area contributed by atoms with Crippen molar-refractivity contribution < 1.29 is 14.3 Å². The lowest BCUT2D eigenvalue weighted by Crippen LogP contribution is -2.36. The van der Waals surface area contributed by atoms with Crippen molar-refractivity contribution in [2.75, 3.05) is 19.6 Å². The molecule has 1 spiro atoms. The molecule has 21 heavy (non-hydrogen) atoms. The summed E-state index contributed by atoms with van der Waals surface area (Å²) in [5.74, 6) is -0.0481. The van der Waals surface area contributed by atoms with Gasteiger partial charge in [-0.2, -0.15) is 0 Å². The lowest BCUT2D eigenvalue weighted by molar-refractivity contribution is 0.0438. The first kappa shape index (κ1) is 13.9. The number of carbonyl (C=O) groups is 2. The second-order valence-corrected chi connectivity index (χ2v) is 5.74. The molecule has 2 fully saturated rings. The summed E-state index contributed by atoms with van der Waals surface area (Å²) in [4.78, 5) is 29.9. The fraction of sp³-hybridized carbons (Fsp3) is 0.533. The highest BCUT2D eigenvalue weighted by molar-refractivity contribution is 5.92. The Kier molecular flexibility index (Phi) is 3.53. The van der Waals surface area contributed by atoms with Crippen molar-refractivity contribution in [1.29, 1.82) is 0 Å². The van der Waals surface area contributed by atoms with E-state index in [0.29, 0.717) is 31.7 Å². The number of nitrogens with zero attached hydrogens (tertiary/aromatic N) is 2. The van der Waals surface area contributed by atoms with Crippen LogP contribution in [0.4, 0.5) is 4.79 Å². The van der Waals surface area contributed by atoms with Crippen molar-refractivity contribution in [3.8, 4) is 0 Å². The average molecular weight is 289 g/mol. The third kappa shape index (κ3) is 2.84. The first-order valence-electron chi connectivity index (χ1n) is 7.28. The number of aryl methyl sites for hydroxylation is 1. The van der Waals surface area contributed by atoms with Crippen LogP contribution in [0.1, 0.15) is 35.4 Å². The molecule has 2 aliphatic rings. The fourth-order valence-electron chi connectivity index (χ4n) is 2.98. The number of nitrogens with one attached hydrogen (secondary N) is 1. The van der Waals surface area contributed by atoms with E-state index in [-0.39, 0.29) is 12.0 Å². The Hall–Kier alpha value is -2.11. The van der Waals surface area contributed by atoms with Crippen LogP contribution < -0.4 is 5.32 Å². The van der Waals surface area contributed by atoms with Crippen molar-refractivity contribution in [2.45, 2.75) is 31.8 Å². The van der Waals surface area contributed by atoms with Crippen LogP contribution >= 0.6 is 0 Å². The predicted octanol–water partition coefficient (Wildman–Crippen LogP) is 1.49. The van der Waals surface area contributed by atoms with Crippen LogP contribution in [0.25, 0.3) is 0 Å². The Morgan fingerprint density at radius 1 is 1.38 bits per heavy atom. The molecular weight excluding hydrogens is 270 g/mol. The number of pyridine rings is 1. The van der Waals surface area contributed by atoms with Gasteiger partial charge in [0, 0.05) is 25.2 Å². The maximum absolute atomic E-state index is 12.5. The summed E-state index contributed by atoms with van der Waals surface area (Å²) < 4.78 is 5.42. The van der Waals surface area contributed by atoms with Crippen LogP contribution in [-0.2, 0) is 4.74 Å². The smallest absolute Gasteiger partial charge is 0.407 e. The zero-order valence-corrected chi connectivity index (χ0v) is 12.1. The molecule has 6 heteroatoms. The van der Waals surface area contributed by atoms with E-state index in [1.165, 1.54) is 0 Å². The number of hydrogen-bond acceptors (Lipinski definition) is 4. The van der Waals surface area contributed by atoms with Crippen LogP contribution in [0, 0.1) is 6.92 Å². The molecule has 1 N–H and O–H groups in total. The van der Waals surface area contributed by atoms with Crippen LogP contribution in [-0.4, -0.2) is 47.1 Å². The Morgan fingerprint density at radius 2 is 2.24 bits per heavy atom. The van der Waals surface area contributed by atoms with E-state index in [9.17, 15) is 9.59 Å². The first-order valence-corrected chi connectivity index (χ1v) is 7.28. The predicted molar refractivity (Wildman–Crippen MR) is 75.9 cm³/mol. The molecule has 2 aliphatic heterocycles. The van der Waals surface area contributed by atoms with Gasteiger partial charge in [0.2, 0.25) is 0 Å². The second-order valence-electron chi connectivity index (χ2n) is 5.74. The Bertz CT molecular complexity index is 575. The summed E-state index contributed by atoms with van der Waals surface area (Å²) in [7, 11) is 0. The standard InChI is InChI=1S/C15H19N3O3/c1-11-4-2-5-12(17-11)13(19)18-8-3-6-15(7-9-18)10-16-14(20)21-15/h2,4-5H,3,6-10H2,1H3,(H,16,20). The second kappa shape index (κ2) is 5.35. The lowest BCUT2D eigenvalue weighted by atomic mass is 9.95. The van der Waals surface area contributed by atoms with Gasteiger partial charge in [-0.05, 0) is 31.9 Å². The Balaban J connectivity index is 1.70. The van der Waals surface area contributed by atoms with Gasteiger partial charge in [0.05, 0.1) is 6.54 Å². The van der Waals surface area contributed by atoms with E-state index in [1.807, 2.05) is 24.0 Å². The molecule has 1 atom stereocenters. The maximum atomic E-state index is 12.5. The molecule has 0 bridgehead atoms. The van der Waals surface area contributed by atoms with Crippen LogP contribution in [0.3, 0.4) is 0 Å². The molecule has 0 saturated carbocycles. The topological polar surface area (TPSA) is 71.5 Å². The minimum absolute atomic E-state index is 0.0481. The summed E-state index contributed by atoms with van der Waals surface area (Å²) >= 11 is 0. The molecule has 0 radical (unpaired) electrons. The normalized spacial score (nSPS) is 25.4. The van der Waals surface area contributed by atoms with Gasteiger partial charge in [0.25, 0.3) is 5.91 Å². The fourth-order valence-corrected chi connectivity index (χ4v) is 2.98. The monoisotopic (exact) mass is 289 g/mol. The van der Waals surface area contributed by atoms with E-state index < -0.39 is 5.60 Å². The average Bonchev–Trinajstić information content (AvgIpc) is 2.70. The molecule has 0 aromatic carbocycles. The highest BCUT2D eigenvalue weighted by Crippen LogP contribution is 2.29. The van der Waals surface area contributed by atoms with E-state index in [4.69, 9.17) is 4.74 Å². The van der Waals surface area contributed by atoms with Crippen LogP contribution in [0.5, 0.6) is 0 Å². The van der Waals surface area contributed by atoms with Gasteiger partial charge >= 0.3 is 6.09 Å². The lowest BCUT2D eigenvalue weighted by Gasteiger charge is -2.24. The van der Waals surface area contributed by atoms with Gasteiger partial charge < -0.3 is 15.0 Å². The molecule has 6 nitrogen and oxygen atoms in total. The third-order valence-electron chi connectivity index (χ3n) is 4.16. The largest absolute Gasteiger partial charge is 0.441 e. The summed E-state index contributed by atoms with van der Waals surface area (Å²) in [5.41, 5.74) is 0.875. The molecule has 3 rings (SSSR count). The highest BCUT2D eigenvalue weighted by Gasteiger charge is 2.41. The molecule has 112 valence electrons. The minimum atomic E-state index is -0.438. The summed E-state index contributed by atoms with van der Waals surface area (Å²) in [6.45, 7) is 3.67. The van der Waals surface area contributed by atoms with Gasteiger partial charge in [0.15, 0.2) is 0 Å². The number of rotatable bonds is 1. The quantitative estimate of drug-likeness (QED) is 0.850. The first-order chi connectivity index (χ1) is 10.1. The van der Waals surface area contributed by atoms with Gasteiger partial charge in [-0.25, -0.2) is 9.78 Å². The van der Waals surface area contributed by atoms with Crippen molar-refractivity contribution in [3.63, 3.8) is 0 Å². The van der Waals surface area contributed by atoms with Crippen molar-refractivity contribution in [1.82, 2.24) is 15.2 Å². The number of likely N-dealkylation sites (tertiary alicyclic amines) is 1. The number of carbonyl (C=O) groups excluding carboxylic acids is 2. The van der Waals surface area contributed by atoms with Gasteiger partial charge in [-0.1, -0.05) is 6.07 Å². The molecule has 1 aromatic rings. The maximum Gasteiger partial charge on any atom is 0.407 e. The molecule has 2 amide bonds. The molecule has 0 aliphatic carbocycles.